The summed E-state index contributed by atoms with van der Waals surface area (Å²) in [6.07, 6.45) is 1.44. The minimum Gasteiger partial charge on any atom is -0.450 e. The topological polar surface area (TPSA) is 55.4 Å². The molecule has 0 spiro atoms. The van der Waals surface area contributed by atoms with Gasteiger partial charge >= 0.3 is 5.97 Å². The monoisotopic (exact) mass is 383 g/mol. The van der Waals surface area contributed by atoms with E-state index < -0.39 is 5.60 Å². The van der Waals surface area contributed by atoms with E-state index in [2.05, 4.69) is 5.32 Å². The molecule has 3 aromatic carbocycles. The molecule has 0 bridgehead atoms. The van der Waals surface area contributed by atoms with Gasteiger partial charge in [0.25, 0.3) is 0 Å². The van der Waals surface area contributed by atoms with Crippen LogP contribution in [0.15, 0.2) is 72.8 Å². The van der Waals surface area contributed by atoms with Gasteiger partial charge in [-0.1, -0.05) is 60.7 Å². The molecule has 2 aliphatic rings. The first-order chi connectivity index (χ1) is 14.2. The van der Waals surface area contributed by atoms with E-state index in [9.17, 15) is 9.59 Å². The number of hydrogen-bond acceptors (Lipinski definition) is 4. The fourth-order valence-electron chi connectivity index (χ4n) is 4.41. The first-order valence-electron chi connectivity index (χ1n) is 9.96. The van der Waals surface area contributed by atoms with Crippen LogP contribution in [0, 0.1) is 0 Å². The van der Waals surface area contributed by atoms with E-state index in [4.69, 9.17) is 4.74 Å². The van der Waals surface area contributed by atoms with Gasteiger partial charge in [-0.3, -0.25) is 4.79 Å². The van der Waals surface area contributed by atoms with Gasteiger partial charge in [0.15, 0.2) is 5.78 Å². The highest BCUT2D eigenvalue weighted by atomic mass is 16.6. The molecule has 1 fully saturated rings. The summed E-state index contributed by atoms with van der Waals surface area (Å²) in [5.41, 5.74) is 3.84. The normalized spacial score (nSPS) is 16.8. The van der Waals surface area contributed by atoms with Crippen LogP contribution < -0.4 is 5.32 Å². The molecule has 0 amide bonds. The van der Waals surface area contributed by atoms with E-state index in [0.29, 0.717) is 16.7 Å². The molecule has 1 aliphatic heterocycles. The summed E-state index contributed by atoms with van der Waals surface area (Å²) in [5, 5.41) is 3.34. The molecule has 1 aliphatic carbocycles. The number of carbonyl (C=O) groups is 2. The van der Waals surface area contributed by atoms with Crippen molar-refractivity contribution in [1.82, 2.24) is 5.32 Å². The number of esters is 1. The van der Waals surface area contributed by atoms with Crippen LogP contribution in [0.4, 0.5) is 0 Å². The van der Waals surface area contributed by atoms with Crippen LogP contribution in [-0.2, 0) is 10.3 Å². The first-order valence-corrected chi connectivity index (χ1v) is 9.96. The Kier molecular flexibility index (Phi) is 4.29. The van der Waals surface area contributed by atoms with Gasteiger partial charge in [-0.05, 0) is 41.9 Å². The summed E-state index contributed by atoms with van der Waals surface area (Å²) in [6, 6.07) is 22.8. The molecule has 3 aromatic rings. The molecule has 0 unspecified atom stereocenters. The first kappa shape index (κ1) is 17.8. The summed E-state index contributed by atoms with van der Waals surface area (Å²) >= 11 is 0. The second kappa shape index (κ2) is 6.98. The highest BCUT2D eigenvalue weighted by Gasteiger charge is 2.38. The predicted molar refractivity (Wildman–Crippen MR) is 111 cm³/mol. The van der Waals surface area contributed by atoms with Crippen LogP contribution in [-0.4, -0.2) is 24.8 Å². The average Bonchev–Trinajstić information content (AvgIpc) is 3.07. The summed E-state index contributed by atoms with van der Waals surface area (Å²) in [7, 11) is 0. The zero-order valence-electron chi connectivity index (χ0n) is 16.0. The lowest BCUT2D eigenvalue weighted by atomic mass is 9.84. The van der Waals surface area contributed by atoms with Gasteiger partial charge in [0, 0.05) is 24.0 Å². The molecule has 0 saturated carbocycles. The van der Waals surface area contributed by atoms with E-state index in [1.54, 1.807) is 12.1 Å². The van der Waals surface area contributed by atoms with E-state index in [1.807, 2.05) is 60.7 Å². The van der Waals surface area contributed by atoms with Crippen molar-refractivity contribution in [3.8, 4) is 11.1 Å². The molecule has 1 saturated heterocycles. The Hall–Kier alpha value is -3.24. The van der Waals surface area contributed by atoms with Crippen LogP contribution in [0.3, 0.4) is 0 Å². The molecule has 1 N–H and O–H groups in total. The SMILES string of the molecule is O=C(OC1(c2ccccc2)CCNCC1)c1ccc2c(c1)C(=O)c1ccccc1-2. The fraction of sp³-hybridized carbons (Fsp3) is 0.200. The molecule has 29 heavy (non-hydrogen) atoms. The van der Waals surface area contributed by atoms with E-state index >= 15 is 0 Å². The van der Waals surface area contributed by atoms with Crippen molar-refractivity contribution in [2.24, 2.45) is 0 Å². The number of piperidine rings is 1. The number of ether oxygens (including phenoxy) is 1. The highest BCUT2D eigenvalue weighted by Crippen LogP contribution is 2.38. The minimum atomic E-state index is -0.643. The summed E-state index contributed by atoms with van der Waals surface area (Å²) < 4.78 is 6.13. The van der Waals surface area contributed by atoms with Gasteiger partial charge in [0.05, 0.1) is 5.56 Å². The van der Waals surface area contributed by atoms with Crippen molar-refractivity contribution in [2.45, 2.75) is 18.4 Å². The zero-order valence-corrected chi connectivity index (χ0v) is 16.0. The highest BCUT2D eigenvalue weighted by molar-refractivity contribution is 6.22. The van der Waals surface area contributed by atoms with Crippen molar-refractivity contribution in [1.29, 1.82) is 0 Å². The number of fused-ring (bicyclic) bond motifs is 3. The number of carbonyl (C=O) groups excluding carboxylic acids is 2. The molecule has 5 rings (SSSR count). The molecule has 0 aromatic heterocycles. The Labute approximate surface area is 169 Å². The van der Waals surface area contributed by atoms with Gasteiger partial charge in [-0.25, -0.2) is 4.79 Å². The largest absolute Gasteiger partial charge is 0.450 e. The lowest BCUT2D eigenvalue weighted by Crippen LogP contribution is -2.43. The average molecular weight is 383 g/mol. The Balaban J connectivity index is 1.48. The standard InChI is InChI=1S/C25H21NO3/c27-23-21-9-5-4-8-19(21)20-11-10-17(16-22(20)23)24(28)29-25(12-14-26-15-13-25)18-6-2-1-3-7-18/h1-11,16,26H,12-15H2. The molecule has 0 atom stereocenters. The van der Waals surface area contributed by atoms with Gasteiger partial charge in [-0.15, -0.1) is 0 Å². The van der Waals surface area contributed by atoms with E-state index in [-0.39, 0.29) is 11.8 Å². The van der Waals surface area contributed by atoms with Crippen molar-refractivity contribution < 1.29 is 14.3 Å². The van der Waals surface area contributed by atoms with Crippen LogP contribution >= 0.6 is 0 Å². The van der Waals surface area contributed by atoms with E-state index in [0.717, 1.165) is 42.6 Å². The fourth-order valence-corrected chi connectivity index (χ4v) is 4.41. The maximum atomic E-state index is 13.1. The van der Waals surface area contributed by atoms with Crippen molar-refractivity contribution >= 4 is 11.8 Å². The maximum absolute atomic E-state index is 13.1. The zero-order chi connectivity index (χ0) is 19.8. The smallest absolute Gasteiger partial charge is 0.339 e. The summed E-state index contributed by atoms with van der Waals surface area (Å²) in [6.45, 7) is 1.58. The number of hydrogen-bond donors (Lipinski definition) is 1. The second-order valence-corrected chi connectivity index (χ2v) is 7.63. The van der Waals surface area contributed by atoms with Gasteiger partial charge in [-0.2, -0.15) is 0 Å². The van der Waals surface area contributed by atoms with Gasteiger partial charge in [0.2, 0.25) is 0 Å². The molecular weight excluding hydrogens is 362 g/mol. The van der Waals surface area contributed by atoms with Crippen molar-refractivity contribution in [2.75, 3.05) is 13.1 Å². The molecule has 1 heterocycles. The Morgan fingerprint density at radius 1 is 0.793 bits per heavy atom. The minimum absolute atomic E-state index is 0.0371. The number of benzene rings is 3. The quantitative estimate of drug-likeness (QED) is 0.535. The third-order valence-electron chi connectivity index (χ3n) is 5.96. The van der Waals surface area contributed by atoms with Crippen LogP contribution in [0.2, 0.25) is 0 Å². The van der Waals surface area contributed by atoms with E-state index in [1.165, 1.54) is 0 Å². The van der Waals surface area contributed by atoms with Gasteiger partial charge < -0.3 is 10.1 Å². The second-order valence-electron chi connectivity index (χ2n) is 7.63. The van der Waals surface area contributed by atoms with Crippen molar-refractivity contribution in [3.05, 3.63) is 95.1 Å². The summed E-state index contributed by atoms with van der Waals surface area (Å²) in [5.74, 6) is -0.424. The third kappa shape index (κ3) is 2.97. The number of rotatable bonds is 3. The lowest BCUT2D eigenvalue weighted by molar-refractivity contribution is -0.0378. The predicted octanol–water partition coefficient (Wildman–Crippen LogP) is 4.33. The summed E-state index contributed by atoms with van der Waals surface area (Å²) in [4.78, 5) is 25.9. The molecule has 144 valence electrons. The van der Waals surface area contributed by atoms with Crippen LogP contribution in [0.25, 0.3) is 11.1 Å². The van der Waals surface area contributed by atoms with Crippen molar-refractivity contribution in [3.63, 3.8) is 0 Å². The lowest BCUT2D eigenvalue weighted by Gasteiger charge is -2.37. The molecule has 4 nitrogen and oxygen atoms in total. The van der Waals surface area contributed by atoms with Gasteiger partial charge in [0.1, 0.15) is 5.60 Å². The van der Waals surface area contributed by atoms with Crippen LogP contribution in [0.1, 0.15) is 44.7 Å². The maximum Gasteiger partial charge on any atom is 0.339 e. The number of nitrogens with one attached hydrogen (secondary N) is 1. The molecule has 0 radical (unpaired) electrons. The Morgan fingerprint density at radius 2 is 1.45 bits per heavy atom. The third-order valence-corrected chi connectivity index (χ3v) is 5.96. The molecular formula is C25H21NO3. The number of ketones is 1. The Morgan fingerprint density at radius 3 is 2.21 bits per heavy atom. The molecule has 4 heteroatoms. The Bertz CT molecular complexity index is 1100. The van der Waals surface area contributed by atoms with Crippen LogP contribution in [0.5, 0.6) is 0 Å².